The van der Waals surface area contributed by atoms with Crippen LogP contribution in [-0.4, -0.2) is 5.78 Å². The van der Waals surface area contributed by atoms with E-state index in [-0.39, 0.29) is 0 Å². The van der Waals surface area contributed by atoms with E-state index in [1.165, 1.54) is 24.8 Å². The average Bonchev–Trinajstić information content (AvgIpc) is 2.70. The van der Waals surface area contributed by atoms with Gasteiger partial charge in [0.25, 0.3) is 0 Å². The van der Waals surface area contributed by atoms with Gasteiger partial charge in [-0.3, -0.25) is 0 Å². The van der Waals surface area contributed by atoms with Gasteiger partial charge in [0.15, 0.2) is 0 Å². The molecule has 86 valence electrons. The molecule has 0 amide bonds. The highest BCUT2D eigenvalue weighted by atomic mass is 16.1. The second-order valence-corrected chi connectivity index (χ2v) is 5.72. The molecule has 1 atom stereocenters. The largest absolute Gasteiger partial charge is 0.300 e. The molecule has 1 fully saturated rings. The zero-order chi connectivity index (χ0) is 11.5. The van der Waals surface area contributed by atoms with Crippen molar-refractivity contribution in [2.24, 2.45) is 11.3 Å². The summed E-state index contributed by atoms with van der Waals surface area (Å²) in [6.07, 6.45) is 7.80. The summed E-state index contributed by atoms with van der Waals surface area (Å²) in [6.45, 7) is 8.56. The van der Waals surface area contributed by atoms with E-state index in [0.717, 1.165) is 12.3 Å². The summed E-state index contributed by atoms with van der Waals surface area (Å²) in [5, 5.41) is 0. The lowest BCUT2D eigenvalue weighted by Gasteiger charge is -2.03. The maximum atomic E-state index is 10.8. The fourth-order valence-corrected chi connectivity index (χ4v) is 2.09. The first-order chi connectivity index (χ1) is 6.92. The first-order valence-corrected chi connectivity index (χ1v) is 6.07. The minimum atomic E-state index is 0.294. The van der Waals surface area contributed by atoms with Crippen LogP contribution in [0.5, 0.6) is 0 Å². The standard InChI is InChI=1S/C14H24O/c1-11(6-5-7-12(2)15)8-9-13-10-14(13,3)4/h6,13H,5,7-10H2,1-4H3. The lowest BCUT2D eigenvalue weighted by atomic mass is 10.0. The summed E-state index contributed by atoms with van der Waals surface area (Å²) >= 11 is 0. The molecule has 0 radical (unpaired) electrons. The number of ketones is 1. The van der Waals surface area contributed by atoms with Crippen LogP contribution in [0.2, 0.25) is 0 Å². The monoisotopic (exact) mass is 208 g/mol. The Balaban J connectivity index is 2.13. The normalized spacial score (nSPS) is 24.0. The molecule has 0 saturated heterocycles. The Kier molecular flexibility index (Phi) is 4.12. The zero-order valence-electron chi connectivity index (χ0n) is 10.6. The number of hydrogen-bond donors (Lipinski definition) is 0. The molecule has 0 spiro atoms. The predicted molar refractivity (Wildman–Crippen MR) is 64.8 cm³/mol. The van der Waals surface area contributed by atoms with Crippen molar-refractivity contribution in [1.82, 2.24) is 0 Å². The highest BCUT2D eigenvalue weighted by Gasteiger charge is 2.44. The van der Waals surface area contributed by atoms with Crippen LogP contribution < -0.4 is 0 Å². The summed E-state index contributed by atoms with van der Waals surface area (Å²) in [5.41, 5.74) is 2.07. The third-order valence-corrected chi connectivity index (χ3v) is 3.59. The molecule has 0 N–H and O–H groups in total. The minimum Gasteiger partial charge on any atom is -0.300 e. The van der Waals surface area contributed by atoms with E-state index in [1.54, 1.807) is 6.92 Å². The Labute approximate surface area is 93.9 Å². The Morgan fingerprint density at radius 3 is 2.40 bits per heavy atom. The summed E-state index contributed by atoms with van der Waals surface area (Å²) in [5.74, 6) is 1.23. The molecule has 0 heterocycles. The number of carbonyl (C=O) groups excluding carboxylic acids is 1. The van der Waals surface area contributed by atoms with Gasteiger partial charge < -0.3 is 4.79 Å². The van der Waals surface area contributed by atoms with Gasteiger partial charge in [-0.2, -0.15) is 0 Å². The van der Waals surface area contributed by atoms with Crippen molar-refractivity contribution in [3.63, 3.8) is 0 Å². The molecule has 0 aromatic carbocycles. The molecule has 1 rings (SSSR count). The van der Waals surface area contributed by atoms with E-state index in [2.05, 4.69) is 26.8 Å². The van der Waals surface area contributed by atoms with Gasteiger partial charge in [-0.05, 0) is 50.9 Å². The quantitative estimate of drug-likeness (QED) is 0.600. The maximum Gasteiger partial charge on any atom is 0.130 e. The molecule has 1 aliphatic rings. The van der Waals surface area contributed by atoms with Crippen LogP contribution in [-0.2, 0) is 4.79 Å². The van der Waals surface area contributed by atoms with Gasteiger partial charge in [0.2, 0.25) is 0 Å². The summed E-state index contributed by atoms with van der Waals surface area (Å²) in [6, 6.07) is 0. The molecular formula is C14H24O. The Morgan fingerprint density at radius 2 is 1.93 bits per heavy atom. The fourth-order valence-electron chi connectivity index (χ4n) is 2.09. The van der Waals surface area contributed by atoms with Crippen LogP contribution in [0.25, 0.3) is 0 Å². The molecule has 1 heteroatoms. The summed E-state index contributed by atoms with van der Waals surface area (Å²) in [7, 11) is 0. The highest BCUT2D eigenvalue weighted by molar-refractivity contribution is 5.75. The summed E-state index contributed by atoms with van der Waals surface area (Å²) in [4.78, 5) is 10.8. The third-order valence-electron chi connectivity index (χ3n) is 3.59. The molecule has 1 nitrogen and oxygen atoms in total. The van der Waals surface area contributed by atoms with Gasteiger partial charge in [-0.1, -0.05) is 25.5 Å². The number of hydrogen-bond acceptors (Lipinski definition) is 1. The minimum absolute atomic E-state index is 0.294. The van der Waals surface area contributed by atoms with Gasteiger partial charge in [0.1, 0.15) is 5.78 Å². The molecule has 1 saturated carbocycles. The average molecular weight is 208 g/mol. The number of Topliss-reactive ketones (excluding diaryl/α,β-unsaturated/α-hetero) is 1. The van der Waals surface area contributed by atoms with Crippen molar-refractivity contribution in [3.05, 3.63) is 11.6 Å². The van der Waals surface area contributed by atoms with Gasteiger partial charge in [0.05, 0.1) is 0 Å². The third kappa shape index (κ3) is 4.63. The van der Waals surface area contributed by atoms with Crippen molar-refractivity contribution in [3.8, 4) is 0 Å². The smallest absolute Gasteiger partial charge is 0.130 e. The second-order valence-electron chi connectivity index (χ2n) is 5.72. The van der Waals surface area contributed by atoms with Crippen LogP contribution in [0, 0.1) is 11.3 Å². The Bertz CT molecular complexity index is 261. The highest BCUT2D eigenvalue weighted by Crippen LogP contribution is 2.54. The van der Waals surface area contributed by atoms with Crippen LogP contribution in [0.4, 0.5) is 0 Å². The molecule has 0 aliphatic heterocycles. The van der Waals surface area contributed by atoms with E-state index < -0.39 is 0 Å². The predicted octanol–water partition coefficient (Wildman–Crippen LogP) is 4.13. The molecule has 1 unspecified atom stereocenters. The number of carbonyl (C=O) groups is 1. The Morgan fingerprint density at radius 1 is 1.33 bits per heavy atom. The van der Waals surface area contributed by atoms with Crippen LogP contribution in [0.3, 0.4) is 0 Å². The van der Waals surface area contributed by atoms with E-state index in [0.29, 0.717) is 17.6 Å². The molecule has 0 bridgehead atoms. The van der Waals surface area contributed by atoms with Crippen molar-refractivity contribution in [1.29, 1.82) is 0 Å². The van der Waals surface area contributed by atoms with Crippen molar-refractivity contribution < 1.29 is 4.79 Å². The van der Waals surface area contributed by atoms with Crippen LogP contribution in [0.1, 0.15) is 59.8 Å². The lowest BCUT2D eigenvalue weighted by Crippen LogP contribution is -1.91. The number of allylic oxidation sites excluding steroid dienone is 2. The Hall–Kier alpha value is -0.590. The van der Waals surface area contributed by atoms with Gasteiger partial charge >= 0.3 is 0 Å². The van der Waals surface area contributed by atoms with Crippen molar-refractivity contribution in [2.45, 2.75) is 59.8 Å². The second kappa shape index (κ2) is 4.96. The number of rotatable bonds is 6. The van der Waals surface area contributed by atoms with Crippen molar-refractivity contribution in [2.75, 3.05) is 0 Å². The molecule has 0 aromatic rings. The van der Waals surface area contributed by atoms with E-state index in [1.807, 2.05) is 0 Å². The summed E-state index contributed by atoms with van der Waals surface area (Å²) < 4.78 is 0. The van der Waals surface area contributed by atoms with Crippen LogP contribution >= 0.6 is 0 Å². The molecule has 1 aliphatic carbocycles. The van der Waals surface area contributed by atoms with E-state index in [9.17, 15) is 4.79 Å². The van der Waals surface area contributed by atoms with Crippen LogP contribution in [0.15, 0.2) is 11.6 Å². The van der Waals surface area contributed by atoms with Gasteiger partial charge in [0, 0.05) is 6.42 Å². The SMILES string of the molecule is CC(=O)CCC=C(C)CCC1CC1(C)C. The lowest BCUT2D eigenvalue weighted by molar-refractivity contribution is -0.116. The first-order valence-electron chi connectivity index (χ1n) is 6.07. The topological polar surface area (TPSA) is 17.1 Å². The zero-order valence-corrected chi connectivity index (χ0v) is 10.6. The van der Waals surface area contributed by atoms with Crippen molar-refractivity contribution >= 4 is 5.78 Å². The molecule has 0 aromatic heterocycles. The van der Waals surface area contributed by atoms with E-state index in [4.69, 9.17) is 0 Å². The van der Waals surface area contributed by atoms with Gasteiger partial charge in [-0.25, -0.2) is 0 Å². The van der Waals surface area contributed by atoms with Gasteiger partial charge in [-0.15, -0.1) is 0 Å². The van der Waals surface area contributed by atoms with E-state index >= 15 is 0 Å². The maximum absolute atomic E-state index is 10.8. The molecular weight excluding hydrogens is 184 g/mol. The first kappa shape index (κ1) is 12.5. The fraction of sp³-hybridized carbons (Fsp3) is 0.786. The molecule has 15 heavy (non-hydrogen) atoms.